The molecule has 7 nitrogen and oxygen atoms in total. The predicted molar refractivity (Wildman–Crippen MR) is 102 cm³/mol. The van der Waals surface area contributed by atoms with Crippen LogP contribution in [0.1, 0.15) is 54.6 Å². The lowest BCUT2D eigenvalue weighted by Gasteiger charge is -2.29. The summed E-state index contributed by atoms with van der Waals surface area (Å²) in [6.07, 6.45) is 1.60. The molecule has 146 valence electrons. The normalized spacial score (nSPS) is 20.0. The maximum absolute atomic E-state index is 13.0. The van der Waals surface area contributed by atoms with E-state index in [-0.39, 0.29) is 29.6 Å². The Hall–Kier alpha value is -2.25. The van der Waals surface area contributed by atoms with Gasteiger partial charge in [0.25, 0.3) is 5.91 Å². The van der Waals surface area contributed by atoms with Crippen molar-refractivity contribution in [2.75, 3.05) is 13.1 Å². The van der Waals surface area contributed by atoms with Gasteiger partial charge < -0.3 is 16.0 Å². The molecule has 3 amide bonds. The second-order valence-electron chi connectivity index (χ2n) is 8.15. The number of benzene rings is 1. The van der Waals surface area contributed by atoms with Crippen molar-refractivity contribution in [3.63, 3.8) is 0 Å². The van der Waals surface area contributed by atoms with Crippen LogP contribution in [0.2, 0.25) is 0 Å². The van der Waals surface area contributed by atoms with Crippen LogP contribution < -0.4 is 16.4 Å². The minimum Gasteiger partial charge on any atom is -0.330 e. The lowest BCUT2D eigenvalue weighted by Crippen LogP contribution is -2.52. The zero-order valence-corrected chi connectivity index (χ0v) is 16.0. The lowest BCUT2D eigenvalue weighted by atomic mass is 9.90. The fourth-order valence-electron chi connectivity index (χ4n) is 3.59. The van der Waals surface area contributed by atoms with Gasteiger partial charge >= 0.3 is 0 Å². The van der Waals surface area contributed by atoms with Gasteiger partial charge in [0.05, 0.1) is 0 Å². The summed E-state index contributed by atoms with van der Waals surface area (Å²) in [5.41, 5.74) is 8.42. The summed E-state index contributed by atoms with van der Waals surface area (Å²) in [5.74, 6) is -0.777. The molecule has 27 heavy (non-hydrogen) atoms. The Labute approximate surface area is 159 Å². The van der Waals surface area contributed by atoms with E-state index in [9.17, 15) is 14.4 Å². The first-order valence-electron chi connectivity index (χ1n) is 9.48. The highest BCUT2D eigenvalue weighted by atomic mass is 16.2. The second kappa shape index (κ2) is 7.78. The topological polar surface area (TPSA) is 105 Å². The average molecular weight is 372 g/mol. The Morgan fingerprint density at radius 1 is 1.30 bits per heavy atom. The zero-order chi connectivity index (χ0) is 19.6. The molecular weight excluding hydrogens is 344 g/mol. The molecule has 1 saturated heterocycles. The third kappa shape index (κ3) is 4.20. The highest BCUT2D eigenvalue weighted by Gasteiger charge is 2.39. The van der Waals surface area contributed by atoms with Gasteiger partial charge in [-0.2, -0.15) is 0 Å². The van der Waals surface area contributed by atoms with Crippen LogP contribution in [0.4, 0.5) is 0 Å². The number of rotatable bonds is 7. The maximum atomic E-state index is 13.0. The van der Waals surface area contributed by atoms with Crippen LogP contribution in [0.25, 0.3) is 0 Å². The molecule has 0 radical (unpaired) electrons. The molecular formula is C20H28N4O3. The van der Waals surface area contributed by atoms with Crippen molar-refractivity contribution >= 4 is 17.7 Å². The van der Waals surface area contributed by atoms with Gasteiger partial charge in [-0.1, -0.05) is 32.0 Å². The van der Waals surface area contributed by atoms with Crippen molar-refractivity contribution in [3.8, 4) is 0 Å². The van der Waals surface area contributed by atoms with Crippen LogP contribution in [-0.2, 0) is 22.7 Å². The van der Waals surface area contributed by atoms with E-state index < -0.39 is 6.04 Å². The molecule has 0 aromatic heterocycles. The molecule has 2 heterocycles. The summed E-state index contributed by atoms with van der Waals surface area (Å²) in [5, 5.41) is 5.74. The molecule has 0 spiro atoms. The average Bonchev–Trinajstić information content (AvgIpc) is 2.96. The number of nitrogens with one attached hydrogen (secondary N) is 2. The number of nitrogens with two attached hydrogens (primary N) is 1. The quantitative estimate of drug-likeness (QED) is 0.487. The minimum absolute atomic E-state index is 0.0873. The Morgan fingerprint density at radius 3 is 2.78 bits per heavy atom. The van der Waals surface area contributed by atoms with Crippen LogP contribution in [-0.4, -0.2) is 41.8 Å². The van der Waals surface area contributed by atoms with E-state index in [1.54, 1.807) is 4.90 Å². The van der Waals surface area contributed by atoms with Gasteiger partial charge in [-0.15, -0.1) is 0 Å². The summed E-state index contributed by atoms with van der Waals surface area (Å²) in [7, 11) is 0. The fraction of sp³-hybridized carbons (Fsp3) is 0.550. The Balaban J connectivity index is 1.67. The Kier molecular flexibility index (Phi) is 5.62. The third-order valence-electron chi connectivity index (χ3n) is 5.49. The molecule has 0 saturated carbocycles. The Morgan fingerprint density at radius 2 is 2.07 bits per heavy atom. The monoisotopic (exact) mass is 372 g/mol. The number of piperidine rings is 1. The van der Waals surface area contributed by atoms with Crippen molar-refractivity contribution in [3.05, 3.63) is 34.9 Å². The number of hydrogen-bond acceptors (Lipinski definition) is 5. The Bertz CT molecular complexity index is 760. The standard InChI is InChI=1S/C20H28N4O3/c1-20(2,12-21)8-9-22-10-13-4-3-5-14-11-24(19(27)17(13)14)15-6-7-16(25)23-18(15)26/h3-5,15,22H,6-12,21H2,1-2H3,(H,23,25,26). The van der Waals surface area contributed by atoms with E-state index in [0.717, 1.165) is 24.1 Å². The fourth-order valence-corrected chi connectivity index (χ4v) is 3.59. The summed E-state index contributed by atoms with van der Waals surface area (Å²) in [4.78, 5) is 38.1. The number of amides is 3. The molecule has 7 heteroatoms. The van der Waals surface area contributed by atoms with E-state index in [1.807, 2.05) is 18.2 Å². The maximum Gasteiger partial charge on any atom is 0.255 e. The molecule has 3 rings (SSSR count). The summed E-state index contributed by atoms with van der Waals surface area (Å²) in [6.45, 7) is 6.73. The van der Waals surface area contributed by atoms with E-state index in [4.69, 9.17) is 5.73 Å². The van der Waals surface area contributed by atoms with Gasteiger partial charge in [0, 0.05) is 25.1 Å². The first kappa shape index (κ1) is 19.5. The van der Waals surface area contributed by atoms with Crippen molar-refractivity contribution in [2.24, 2.45) is 11.1 Å². The summed E-state index contributed by atoms with van der Waals surface area (Å²) >= 11 is 0. The molecule has 1 aromatic carbocycles. The molecule has 0 aliphatic carbocycles. The van der Waals surface area contributed by atoms with Crippen molar-refractivity contribution in [1.82, 2.24) is 15.5 Å². The number of carbonyl (C=O) groups is 3. The molecule has 1 fully saturated rings. The predicted octanol–water partition coefficient (Wildman–Crippen LogP) is 0.912. The van der Waals surface area contributed by atoms with Crippen LogP contribution in [0, 0.1) is 5.41 Å². The van der Waals surface area contributed by atoms with Crippen LogP contribution in [0.3, 0.4) is 0 Å². The van der Waals surface area contributed by atoms with Gasteiger partial charge in [0.15, 0.2) is 0 Å². The van der Waals surface area contributed by atoms with Crippen molar-refractivity contribution in [2.45, 2.75) is 52.2 Å². The van der Waals surface area contributed by atoms with Gasteiger partial charge in [0.2, 0.25) is 11.8 Å². The molecule has 2 aliphatic rings. The zero-order valence-electron chi connectivity index (χ0n) is 16.0. The van der Waals surface area contributed by atoms with Gasteiger partial charge in [-0.25, -0.2) is 0 Å². The summed E-state index contributed by atoms with van der Waals surface area (Å²) < 4.78 is 0. The number of imide groups is 1. The SMILES string of the molecule is CC(C)(CN)CCNCc1cccc2c1C(=O)N(C1CCC(=O)NC1=O)C2. The highest BCUT2D eigenvalue weighted by molar-refractivity contribution is 6.05. The molecule has 1 aromatic rings. The minimum atomic E-state index is -0.575. The van der Waals surface area contributed by atoms with Gasteiger partial charge in [-0.3, -0.25) is 19.7 Å². The first-order valence-corrected chi connectivity index (χ1v) is 9.48. The van der Waals surface area contributed by atoms with E-state index in [0.29, 0.717) is 31.6 Å². The summed E-state index contributed by atoms with van der Waals surface area (Å²) in [6, 6.07) is 5.25. The van der Waals surface area contributed by atoms with Crippen molar-refractivity contribution < 1.29 is 14.4 Å². The second-order valence-corrected chi connectivity index (χ2v) is 8.15. The molecule has 4 N–H and O–H groups in total. The number of carbonyl (C=O) groups excluding carboxylic acids is 3. The van der Waals surface area contributed by atoms with E-state index >= 15 is 0 Å². The largest absolute Gasteiger partial charge is 0.330 e. The lowest BCUT2D eigenvalue weighted by molar-refractivity contribution is -0.136. The molecule has 2 aliphatic heterocycles. The van der Waals surface area contributed by atoms with E-state index in [2.05, 4.69) is 24.5 Å². The van der Waals surface area contributed by atoms with Crippen molar-refractivity contribution in [1.29, 1.82) is 0 Å². The van der Waals surface area contributed by atoms with Gasteiger partial charge in [-0.05, 0) is 42.5 Å². The highest BCUT2D eigenvalue weighted by Crippen LogP contribution is 2.29. The van der Waals surface area contributed by atoms with Crippen LogP contribution >= 0.6 is 0 Å². The third-order valence-corrected chi connectivity index (χ3v) is 5.49. The number of fused-ring (bicyclic) bond motifs is 1. The first-order chi connectivity index (χ1) is 12.8. The molecule has 1 atom stereocenters. The van der Waals surface area contributed by atoms with E-state index in [1.165, 1.54) is 0 Å². The smallest absolute Gasteiger partial charge is 0.255 e. The molecule has 0 bridgehead atoms. The van der Waals surface area contributed by atoms with Gasteiger partial charge in [0.1, 0.15) is 6.04 Å². The molecule has 1 unspecified atom stereocenters. The van der Waals surface area contributed by atoms with Crippen LogP contribution in [0.5, 0.6) is 0 Å². The number of nitrogens with zero attached hydrogens (tertiary/aromatic N) is 1. The number of hydrogen-bond donors (Lipinski definition) is 3. The van der Waals surface area contributed by atoms with Crippen LogP contribution in [0.15, 0.2) is 18.2 Å².